The van der Waals surface area contributed by atoms with Gasteiger partial charge in [-0.1, -0.05) is 12.1 Å². The monoisotopic (exact) mass is 374 g/mol. The number of nitrogens with zero attached hydrogens (tertiary/aromatic N) is 1. The number of halogens is 2. The summed E-state index contributed by atoms with van der Waals surface area (Å²) >= 11 is 0. The third-order valence-corrected chi connectivity index (χ3v) is 5.17. The van der Waals surface area contributed by atoms with E-state index in [1.165, 1.54) is 11.6 Å². The van der Waals surface area contributed by atoms with Crippen molar-refractivity contribution in [3.8, 4) is 5.75 Å². The number of hydrogen-bond donors (Lipinski definition) is 1. The van der Waals surface area contributed by atoms with E-state index in [1.54, 1.807) is 7.11 Å². The van der Waals surface area contributed by atoms with E-state index in [0.717, 1.165) is 37.3 Å². The maximum absolute atomic E-state index is 13.4. The summed E-state index contributed by atoms with van der Waals surface area (Å²) in [4.78, 5) is 14.6. The smallest absolute Gasteiger partial charge is 0.251 e. The van der Waals surface area contributed by atoms with Crippen molar-refractivity contribution in [2.75, 3.05) is 27.2 Å². The molecule has 1 N–H and O–H groups in total. The predicted molar refractivity (Wildman–Crippen MR) is 99.8 cm³/mol. The summed E-state index contributed by atoms with van der Waals surface area (Å²) in [5, 5.41) is 2.88. The maximum atomic E-state index is 13.4. The number of piperidine rings is 1. The Bertz CT molecular complexity index is 795. The summed E-state index contributed by atoms with van der Waals surface area (Å²) in [5.74, 6) is -1.33. The third-order valence-electron chi connectivity index (χ3n) is 5.17. The van der Waals surface area contributed by atoms with Gasteiger partial charge in [-0.15, -0.1) is 0 Å². The van der Waals surface area contributed by atoms with Gasteiger partial charge in [0, 0.05) is 18.2 Å². The van der Waals surface area contributed by atoms with Gasteiger partial charge < -0.3 is 10.1 Å². The van der Waals surface area contributed by atoms with Crippen LogP contribution in [0.5, 0.6) is 5.75 Å². The van der Waals surface area contributed by atoms with E-state index in [2.05, 4.69) is 29.4 Å². The highest BCUT2D eigenvalue weighted by molar-refractivity contribution is 5.94. The molecule has 1 fully saturated rings. The molecular formula is C21H24F2N2O2. The van der Waals surface area contributed by atoms with Crippen LogP contribution in [0.15, 0.2) is 42.5 Å². The summed E-state index contributed by atoms with van der Waals surface area (Å²) in [6.07, 6.45) is 2.04. The summed E-state index contributed by atoms with van der Waals surface area (Å²) in [6.45, 7) is 1.46. The molecule has 2 atom stereocenters. The van der Waals surface area contributed by atoms with Crippen LogP contribution < -0.4 is 10.1 Å². The zero-order valence-corrected chi connectivity index (χ0v) is 15.5. The summed E-state index contributed by atoms with van der Waals surface area (Å²) in [7, 11) is 3.72. The van der Waals surface area contributed by atoms with Gasteiger partial charge in [0.2, 0.25) is 0 Å². The molecule has 0 spiro atoms. The van der Waals surface area contributed by atoms with E-state index in [0.29, 0.717) is 6.54 Å². The van der Waals surface area contributed by atoms with E-state index in [9.17, 15) is 13.6 Å². The lowest BCUT2D eigenvalue weighted by Crippen LogP contribution is -2.41. The molecule has 6 heteroatoms. The molecule has 1 amide bonds. The van der Waals surface area contributed by atoms with Gasteiger partial charge in [-0.2, -0.15) is 0 Å². The Morgan fingerprint density at radius 1 is 1.19 bits per heavy atom. The van der Waals surface area contributed by atoms with Crippen molar-refractivity contribution in [1.82, 2.24) is 10.2 Å². The number of hydrogen-bond acceptors (Lipinski definition) is 3. The molecule has 1 heterocycles. The van der Waals surface area contributed by atoms with Crippen LogP contribution in [0.1, 0.15) is 34.8 Å². The minimum atomic E-state index is -1.02. The van der Waals surface area contributed by atoms with Gasteiger partial charge in [0.05, 0.1) is 7.11 Å². The molecule has 144 valence electrons. The number of carbonyl (C=O) groups excluding carboxylic acids is 1. The zero-order valence-electron chi connectivity index (χ0n) is 15.5. The molecule has 0 bridgehead atoms. The quantitative estimate of drug-likeness (QED) is 0.866. The number of methoxy groups -OCH3 is 1. The van der Waals surface area contributed by atoms with E-state index < -0.39 is 17.5 Å². The number of benzene rings is 2. The predicted octanol–water partition coefficient (Wildman–Crippen LogP) is 3.79. The fourth-order valence-corrected chi connectivity index (χ4v) is 3.76. The number of nitrogens with one attached hydrogen (secondary N) is 1. The molecule has 0 aliphatic carbocycles. The van der Waals surface area contributed by atoms with Crippen LogP contribution in [0, 0.1) is 17.6 Å². The molecule has 1 aliphatic rings. The maximum Gasteiger partial charge on any atom is 0.251 e. The van der Waals surface area contributed by atoms with Crippen molar-refractivity contribution in [3.05, 3.63) is 65.2 Å². The minimum Gasteiger partial charge on any atom is -0.497 e. The molecule has 1 saturated heterocycles. The Balaban J connectivity index is 1.70. The van der Waals surface area contributed by atoms with Gasteiger partial charge in [0.15, 0.2) is 11.6 Å². The van der Waals surface area contributed by atoms with Crippen molar-refractivity contribution in [2.45, 2.75) is 18.9 Å². The minimum absolute atomic E-state index is 0.124. The van der Waals surface area contributed by atoms with Crippen LogP contribution >= 0.6 is 0 Å². The van der Waals surface area contributed by atoms with E-state index in [-0.39, 0.29) is 17.5 Å². The number of likely N-dealkylation sites (tertiary alicyclic amines) is 1. The standard InChI is InChI=1S/C21H24F2N2O2/c1-25-11-3-4-16(20(25)14-5-8-17(27-2)9-6-14)13-24-21(26)15-7-10-18(22)19(23)12-15/h5-10,12,16,20H,3-4,11,13H2,1-2H3,(H,24,26). The Morgan fingerprint density at radius 3 is 2.59 bits per heavy atom. The molecule has 27 heavy (non-hydrogen) atoms. The number of carbonyl (C=O) groups is 1. The fourth-order valence-electron chi connectivity index (χ4n) is 3.76. The molecule has 2 aromatic carbocycles. The average molecular weight is 374 g/mol. The van der Waals surface area contributed by atoms with Gasteiger partial charge >= 0.3 is 0 Å². The summed E-state index contributed by atoms with van der Waals surface area (Å²) in [5.41, 5.74) is 1.30. The van der Waals surface area contributed by atoms with Crippen molar-refractivity contribution >= 4 is 5.91 Å². The van der Waals surface area contributed by atoms with Crippen LogP contribution in [0.3, 0.4) is 0 Å². The molecule has 0 saturated carbocycles. The Morgan fingerprint density at radius 2 is 1.93 bits per heavy atom. The second-order valence-corrected chi connectivity index (χ2v) is 6.94. The first-order chi connectivity index (χ1) is 13.0. The number of ether oxygens (including phenoxy) is 1. The van der Waals surface area contributed by atoms with Gasteiger partial charge in [-0.05, 0) is 68.2 Å². The highest BCUT2D eigenvalue weighted by Gasteiger charge is 2.30. The van der Waals surface area contributed by atoms with Crippen LogP contribution in [0.2, 0.25) is 0 Å². The second kappa shape index (κ2) is 8.48. The third kappa shape index (κ3) is 4.45. The first kappa shape index (κ1) is 19.3. The van der Waals surface area contributed by atoms with Crippen LogP contribution in [0.4, 0.5) is 8.78 Å². The average Bonchev–Trinajstić information content (AvgIpc) is 2.68. The van der Waals surface area contributed by atoms with Crippen molar-refractivity contribution in [3.63, 3.8) is 0 Å². The zero-order chi connectivity index (χ0) is 19.4. The van der Waals surface area contributed by atoms with Gasteiger partial charge in [-0.25, -0.2) is 8.78 Å². The fraction of sp³-hybridized carbons (Fsp3) is 0.381. The number of amides is 1. The lowest BCUT2D eigenvalue weighted by atomic mass is 9.85. The molecule has 3 rings (SSSR count). The number of rotatable bonds is 5. The summed E-state index contributed by atoms with van der Waals surface area (Å²) < 4.78 is 31.6. The lowest BCUT2D eigenvalue weighted by Gasteiger charge is -2.39. The molecule has 2 unspecified atom stereocenters. The first-order valence-corrected chi connectivity index (χ1v) is 9.07. The molecule has 0 aromatic heterocycles. The Hall–Kier alpha value is -2.47. The molecule has 0 radical (unpaired) electrons. The van der Waals surface area contributed by atoms with Crippen molar-refractivity contribution in [2.24, 2.45) is 5.92 Å². The molecule has 1 aliphatic heterocycles. The SMILES string of the molecule is COc1ccc(C2C(CNC(=O)c3ccc(F)c(F)c3)CCCN2C)cc1. The topological polar surface area (TPSA) is 41.6 Å². The Kier molecular flexibility index (Phi) is 6.06. The van der Waals surface area contributed by atoms with E-state index in [4.69, 9.17) is 4.74 Å². The highest BCUT2D eigenvalue weighted by atomic mass is 19.2. The second-order valence-electron chi connectivity index (χ2n) is 6.94. The summed E-state index contributed by atoms with van der Waals surface area (Å²) in [6, 6.07) is 11.3. The Labute approximate surface area is 158 Å². The van der Waals surface area contributed by atoms with E-state index >= 15 is 0 Å². The van der Waals surface area contributed by atoms with Crippen molar-refractivity contribution < 1.29 is 18.3 Å². The molecular weight excluding hydrogens is 350 g/mol. The van der Waals surface area contributed by atoms with Crippen LogP contribution in [0.25, 0.3) is 0 Å². The lowest BCUT2D eigenvalue weighted by molar-refractivity contribution is 0.0891. The van der Waals surface area contributed by atoms with Crippen LogP contribution in [-0.2, 0) is 0 Å². The largest absolute Gasteiger partial charge is 0.497 e. The van der Waals surface area contributed by atoms with Gasteiger partial charge in [0.1, 0.15) is 5.75 Å². The first-order valence-electron chi connectivity index (χ1n) is 9.07. The van der Waals surface area contributed by atoms with Gasteiger partial charge in [-0.3, -0.25) is 9.69 Å². The van der Waals surface area contributed by atoms with E-state index in [1.807, 2.05) is 12.1 Å². The molecule has 4 nitrogen and oxygen atoms in total. The van der Waals surface area contributed by atoms with Crippen molar-refractivity contribution in [1.29, 1.82) is 0 Å². The molecule has 2 aromatic rings. The normalized spacial score (nSPS) is 20.3. The van der Waals surface area contributed by atoms with Crippen LogP contribution in [-0.4, -0.2) is 38.1 Å². The highest BCUT2D eigenvalue weighted by Crippen LogP contribution is 2.35. The van der Waals surface area contributed by atoms with Gasteiger partial charge in [0.25, 0.3) is 5.91 Å².